The molecule has 6 nitrogen and oxygen atoms in total. The molecular weight excluding hydrogens is 400 g/mol. The van der Waals surface area contributed by atoms with E-state index in [0.29, 0.717) is 23.8 Å². The first kappa shape index (κ1) is 22.3. The maximum absolute atomic E-state index is 12.5. The summed E-state index contributed by atoms with van der Waals surface area (Å²) < 4.78 is 0. The van der Waals surface area contributed by atoms with Crippen molar-refractivity contribution >= 4 is 34.8 Å². The van der Waals surface area contributed by atoms with Crippen molar-refractivity contribution in [3.8, 4) is 0 Å². The number of amides is 2. The van der Waals surface area contributed by atoms with Gasteiger partial charge in [0.05, 0.1) is 10.7 Å². The minimum absolute atomic E-state index is 0.0374. The highest BCUT2D eigenvalue weighted by atomic mass is 35.5. The minimum Gasteiger partial charge on any atom is -0.321 e. The summed E-state index contributed by atoms with van der Waals surface area (Å²) in [7, 11) is 0. The molecule has 1 aliphatic rings. The molecule has 4 N–H and O–H groups in total. The van der Waals surface area contributed by atoms with Crippen LogP contribution in [-0.4, -0.2) is 51.1 Å². The number of aryl methyl sites for hydroxylation is 3. The smallest absolute Gasteiger partial charge is 0.279 e. The van der Waals surface area contributed by atoms with Crippen LogP contribution in [0.25, 0.3) is 0 Å². The van der Waals surface area contributed by atoms with Crippen LogP contribution in [-0.2, 0) is 9.59 Å². The van der Waals surface area contributed by atoms with E-state index in [1.807, 2.05) is 26.0 Å². The minimum atomic E-state index is -0.0374. The Hall–Kier alpha value is -2.41. The van der Waals surface area contributed by atoms with E-state index in [1.54, 1.807) is 12.1 Å². The first-order chi connectivity index (χ1) is 14.3. The summed E-state index contributed by atoms with van der Waals surface area (Å²) in [5.41, 5.74) is 4.95. The van der Waals surface area contributed by atoms with Gasteiger partial charge in [-0.15, -0.1) is 0 Å². The molecule has 1 heterocycles. The van der Waals surface area contributed by atoms with Crippen LogP contribution in [0.1, 0.15) is 16.7 Å². The Labute approximate surface area is 183 Å². The second-order valence-corrected chi connectivity index (χ2v) is 8.61. The molecule has 0 radical (unpaired) electrons. The molecule has 3 rings (SSSR count). The number of nitrogens with one attached hydrogen (secondary N) is 4. The van der Waals surface area contributed by atoms with Gasteiger partial charge >= 0.3 is 0 Å². The number of halogens is 1. The van der Waals surface area contributed by atoms with Gasteiger partial charge in [0.2, 0.25) is 0 Å². The number of carbonyl (C=O) groups excluding carboxylic acids is 2. The van der Waals surface area contributed by atoms with Crippen LogP contribution in [0.3, 0.4) is 0 Å². The summed E-state index contributed by atoms with van der Waals surface area (Å²) in [5.74, 6) is 0.00424. The van der Waals surface area contributed by atoms with E-state index in [1.165, 1.54) is 15.4 Å². The molecule has 2 amide bonds. The van der Waals surface area contributed by atoms with Gasteiger partial charge in [-0.25, -0.2) is 0 Å². The Balaban J connectivity index is 1.44. The first-order valence-corrected chi connectivity index (χ1v) is 10.8. The molecule has 0 bridgehead atoms. The van der Waals surface area contributed by atoms with E-state index in [9.17, 15) is 9.59 Å². The summed E-state index contributed by atoms with van der Waals surface area (Å²) in [6.07, 6.45) is 0. The van der Waals surface area contributed by atoms with E-state index >= 15 is 0 Å². The number of piperazine rings is 1. The SMILES string of the molecule is Cc1cc(C)c(NC(=O)C[NH+]2CC[NH+](CC(=O)Nc3ccccc3Cl)CC2)c(C)c1. The maximum Gasteiger partial charge on any atom is 0.279 e. The Morgan fingerprint density at radius 1 is 0.867 bits per heavy atom. The zero-order chi connectivity index (χ0) is 21.7. The normalized spacial score (nSPS) is 18.7. The number of hydrogen-bond acceptors (Lipinski definition) is 2. The van der Waals surface area contributed by atoms with E-state index in [0.717, 1.165) is 43.0 Å². The third-order valence-electron chi connectivity index (χ3n) is 5.57. The predicted molar refractivity (Wildman–Crippen MR) is 120 cm³/mol. The van der Waals surface area contributed by atoms with Crippen LogP contribution in [0.2, 0.25) is 5.02 Å². The fraction of sp³-hybridized carbons (Fsp3) is 0.391. The maximum atomic E-state index is 12.5. The standard InChI is InChI=1S/C23H29ClN4O2/c1-16-12-17(2)23(18(3)13-16)26-22(30)15-28-10-8-27(9-11-28)14-21(29)25-20-7-5-4-6-19(20)24/h4-7,12-13H,8-11,14-15H2,1-3H3,(H,25,29)(H,26,30)/p+2. The van der Waals surface area contributed by atoms with Crippen molar-refractivity contribution in [1.29, 1.82) is 0 Å². The van der Waals surface area contributed by atoms with Crippen molar-refractivity contribution < 1.29 is 19.4 Å². The van der Waals surface area contributed by atoms with Crippen molar-refractivity contribution in [1.82, 2.24) is 0 Å². The lowest BCUT2D eigenvalue weighted by molar-refractivity contribution is -1.00. The summed E-state index contributed by atoms with van der Waals surface area (Å²) in [5, 5.41) is 6.51. The first-order valence-electron chi connectivity index (χ1n) is 10.4. The molecule has 2 aromatic rings. The Morgan fingerprint density at radius 3 is 1.90 bits per heavy atom. The van der Waals surface area contributed by atoms with Gasteiger partial charge in [0, 0.05) is 5.69 Å². The molecule has 1 aliphatic heterocycles. The van der Waals surface area contributed by atoms with Gasteiger partial charge in [-0.05, 0) is 44.0 Å². The highest BCUT2D eigenvalue weighted by Crippen LogP contribution is 2.21. The summed E-state index contributed by atoms with van der Waals surface area (Å²) in [6.45, 7) is 10.4. The highest BCUT2D eigenvalue weighted by Gasteiger charge is 2.26. The topological polar surface area (TPSA) is 67.1 Å². The molecule has 0 aliphatic carbocycles. The van der Waals surface area contributed by atoms with Gasteiger partial charge in [0.1, 0.15) is 26.2 Å². The van der Waals surface area contributed by atoms with Gasteiger partial charge in [0.15, 0.2) is 13.1 Å². The molecule has 2 aromatic carbocycles. The molecular formula is C23H31ClN4O2+2. The molecule has 1 fully saturated rings. The summed E-state index contributed by atoms with van der Waals surface area (Å²) in [4.78, 5) is 27.4. The number of carbonyl (C=O) groups is 2. The Morgan fingerprint density at radius 2 is 1.37 bits per heavy atom. The molecule has 1 saturated heterocycles. The van der Waals surface area contributed by atoms with Crippen LogP contribution in [0.4, 0.5) is 11.4 Å². The molecule has 7 heteroatoms. The van der Waals surface area contributed by atoms with E-state index in [4.69, 9.17) is 11.6 Å². The van der Waals surface area contributed by atoms with Gasteiger partial charge in [-0.1, -0.05) is 41.4 Å². The number of benzene rings is 2. The summed E-state index contributed by atoms with van der Waals surface area (Å²) in [6, 6.07) is 11.4. The molecule has 0 aromatic heterocycles. The molecule has 160 valence electrons. The second-order valence-electron chi connectivity index (χ2n) is 8.20. The van der Waals surface area contributed by atoms with E-state index in [2.05, 4.69) is 29.7 Å². The third kappa shape index (κ3) is 6.05. The lowest BCUT2D eigenvalue weighted by Gasteiger charge is -2.29. The van der Waals surface area contributed by atoms with Crippen LogP contribution in [0.5, 0.6) is 0 Å². The Bertz CT molecular complexity index is 900. The number of hydrogen-bond donors (Lipinski definition) is 4. The molecule has 0 spiro atoms. The molecule has 30 heavy (non-hydrogen) atoms. The van der Waals surface area contributed by atoms with E-state index < -0.39 is 0 Å². The third-order valence-corrected chi connectivity index (χ3v) is 5.90. The number of quaternary nitrogens is 2. The Kier molecular flexibility index (Phi) is 7.48. The second kappa shape index (κ2) is 10.1. The van der Waals surface area contributed by atoms with Gasteiger partial charge in [-0.2, -0.15) is 0 Å². The summed E-state index contributed by atoms with van der Waals surface area (Å²) >= 11 is 6.10. The van der Waals surface area contributed by atoms with Gasteiger partial charge in [0.25, 0.3) is 11.8 Å². The number of para-hydroxylation sites is 1. The molecule has 0 saturated carbocycles. The number of rotatable bonds is 6. The average molecular weight is 431 g/mol. The fourth-order valence-corrected chi connectivity index (χ4v) is 4.27. The molecule has 0 atom stereocenters. The fourth-order valence-electron chi connectivity index (χ4n) is 4.08. The van der Waals surface area contributed by atoms with Crippen LogP contribution >= 0.6 is 11.6 Å². The highest BCUT2D eigenvalue weighted by molar-refractivity contribution is 6.33. The van der Waals surface area contributed by atoms with E-state index in [-0.39, 0.29) is 11.8 Å². The van der Waals surface area contributed by atoms with Gasteiger partial charge in [-0.3, -0.25) is 9.59 Å². The van der Waals surface area contributed by atoms with Crippen molar-refractivity contribution in [2.45, 2.75) is 20.8 Å². The van der Waals surface area contributed by atoms with Crippen LogP contribution in [0.15, 0.2) is 36.4 Å². The van der Waals surface area contributed by atoms with Crippen molar-refractivity contribution in [2.24, 2.45) is 0 Å². The van der Waals surface area contributed by atoms with Crippen molar-refractivity contribution in [3.63, 3.8) is 0 Å². The van der Waals surface area contributed by atoms with Crippen LogP contribution in [0, 0.1) is 20.8 Å². The van der Waals surface area contributed by atoms with Crippen molar-refractivity contribution in [2.75, 3.05) is 49.9 Å². The quantitative estimate of drug-likeness (QED) is 0.543. The largest absolute Gasteiger partial charge is 0.321 e. The van der Waals surface area contributed by atoms with Gasteiger partial charge < -0.3 is 20.4 Å². The zero-order valence-corrected chi connectivity index (χ0v) is 18.7. The molecule has 0 unspecified atom stereocenters. The van der Waals surface area contributed by atoms with Crippen LogP contribution < -0.4 is 20.4 Å². The predicted octanol–water partition coefficient (Wildman–Crippen LogP) is 0.626. The lowest BCUT2D eigenvalue weighted by atomic mass is 10.1. The van der Waals surface area contributed by atoms with Crippen molar-refractivity contribution in [3.05, 3.63) is 58.1 Å². The lowest BCUT2D eigenvalue weighted by Crippen LogP contribution is -3.28. The average Bonchev–Trinajstić information content (AvgIpc) is 2.68. The monoisotopic (exact) mass is 430 g/mol. The number of anilines is 2. The zero-order valence-electron chi connectivity index (χ0n) is 17.9.